The van der Waals surface area contributed by atoms with Crippen LogP contribution in [0.1, 0.15) is 5.56 Å². The number of alkyl halides is 2. The summed E-state index contributed by atoms with van der Waals surface area (Å²) in [6, 6.07) is 13.7. The molecular formula is C17H15F2NO2S. The molecule has 0 atom stereocenters. The third-order valence-corrected chi connectivity index (χ3v) is 3.70. The summed E-state index contributed by atoms with van der Waals surface area (Å²) in [6.45, 7) is 0. The van der Waals surface area contributed by atoms with E-state index in [4.69, 9.17) is 4.74 Å². The smallest absolute Gasteiger partial charge is 0.288 e. The van der Waals surface area contributed by atoms with Gasteiger partial charge < -0.3 is 10.1 Å². The predicted octanol–water partition coefficient (Wildman–Crippen LogP) is 4.66. The van der Waals surface area contributed by atoms with E-state index in [1.165, 1.54) is 12.1 Å². The summed E-state index contributed by atoms with van der Waals surface area (Å²) in [5.74, 6) is -2.30. The van der Waals surface area contributed by atoms with Crippen LogP contribution in [0.2, 0.25) is 0 Å². The van der Waals surface area contributed by atoms with Gasteiger partial charge in [0.05, 0.1) is 12.8 Å². The SMILES string of the molecule is COc1ccccc1/C=C/C(=O)Nc1ccccc1SC(F)F. The van der Waals surface area contributed by atoms with Gasteiger partial charge in [0.2, 0.25) is 5.91 Å². The molecule has 0 saturated carbocycles. The van der Waals surface area contributed by atoms with Crippen molar-refractivity contribution >= 4 is 29.4 Å². The Morgan fingerprint density at radius 1 is 1.17 bits per heavy atom. The first-order valence-corrected chi connectivity index (χ1v) is 7.64. The highest BCUT2D eigenvalue weighted by Crippen LogP contribution is 2.31. The molecule has 1 amide bonds. The quantitative estimate of drug-likeness (QED) is 0.616. The van der Waals surface area contributed by atoms with Crippen molar-refractivity contribution in [2.75, 3.05) is 12.4 Å². The predicted molar refractivity (Wildman–Crippen MR) is 89.0 cm³/mol. The van der Waals surface area contributed by atoms with E-state index in [0.717, 1.165) is 5.56 Å². The van der Waals surface area contributed by atoms with E-state index in [2.05, 4.69) is 5.32 Å². The number of ether oxygens (including phenoxy) is 1. The zero-order valence-corrected chi connectivity index (χ0v) is 13.1. The number of methoxy groups -OCH3 is 1. The van der Waals surface area contributed by atoms with Crippen LogP contribution >= 0.6 is 11.8 Å². The first-order chi connectivity index (χ1) is 11.1. The third kappa shape index (κ3) is 5.10. The van der Waals surface area contributed by atoms with Crippen molar-refractivity contribution in [2.45, 2.75) is 10.7 Å². The van der Waals surface area contributed by atoms with Crippen molar-refractivity contribution in [1.82, 2.24) is 0 Å². The molecule has 2 aromatic rings. The monoisotopic (exact) mass is 335 g/mol. The van der Waals surface area contributed by atoms with Crippen molar-refractivity contribution < 1.29 is 18.3 Å². The average Bonchev–Trinajstić information content (AvgIpc) is 2.54. The molecule has 0 bridgehead atoms. The van der Waals surface area contributed by atoms with E-state index in [-0.39, 0.29) is 0 Å². The van der Waals surface area contributed by atoms with Crippen LogP contribution in [0.5, 0.6) is 5.75 Å². The Hall–Kier alpha value is -2.34. The molecule has 23 heavy (non-hydrogen) atoms. The molecule has 0 heterocycles. The molecule has 2 rings (SSSR count). The molecule has 0 fully saturated rings. The summed E-state index contributed by atoms with van der Waals surface area (Å²) < 4.78 is 30.2. The fourth-order valence-corrected chi connectivity index (χ4v) is 2.51. The van der Waals surface area contributed by atoms with Crippen LogP contribution < -0.4 is 10.1 Å². The lowest BCUT2D eigenvalue weighted by Gasteiger charge is -2.08. The Bertz CT molecular complexity index is 704. The maximum absolute atomic E-state index is 12.5. The standard InChI is InChI=1S/C17H15F2NO2S/c1-22-14-8-4-2-6-12(14)10-11-16(21)20-13-7-3-5-9-15(13)23-17(18)19/h2-11,17H,1H3,(H,20,21)/b11-10+. The summed E-state index contributed by atoms with van der Waals surface area (Å²) in [5, 5.41) is 2.60. The maximum Gasteiger partial charge on any atom is 0.288 e. The van der Waals surface area contributed by atoms with Crippen LogP contribution in [0.15, 0.2) is 59.5 Å². The molecule has 120 valence electrons. The van der Waals surface area contributed by atoms with E-state index in [0.29, 0.717) is 28.1 Å². The van der Waals surface area contributed by atoms with Crippen molar-refractivity contribution in [3.63, 3.8) is 0 Å². The molecule has 0 aliphatic rings. The molecule has 6 heteroatoms. The highest BCUT2D eigenvalue weighted by Gasteiger charge is 2.10. The number of rotatable bonds is 6. The molecule has 0 radical (unpaired) electrons. The minimum atomic E-state index is -2.54. The highest BCUT2D eigenvalue weighted by molar-refractivity contribution is 7.99. The number of nitrogens with one attached hydrogen (secondary N) is 1. The number of halogens is 2. The lowest BCUT2D eigenvalue weighted by molar-refractivity contribution is -0.111. The lowest BCUT2D eigenvalue weighted by Crippen LogP contribution is -2.08. The molecule has 0 aromatic heterocycles. The highest BCUT2D eigenvalue weighted by atomic mass is 32.2. The molecule has 0 unspecified atom stereocenters. The number of carbonyl (C=O) groups excluding carboxylic acids is 1. The van der Waals surface area contributed by atoms with Crippen LogP contribution in [0, 0.1) is 0 Å². The van der Waals surface area contributed by atoms with E-state index in [1.54, 1.807) is 37.5 Å². The number of para-hydroxylation sites is 2. The first-order valence-electron chi connectivity index (χ1n) is 6.76. The van der Waals surface area contributed by atoms with Gasteiger partial charge in [-0.25, -0.2) is 0 Å². The fourth-order valence-electron chi connectivity index (χ4n) is 1.91. The number of amides is 1. The van der Waals surface area contributed by atoms with Gasteiger partial charge >= 0.3 is 0 Å². The zero-order valence-electron chi connectivity index (χ0n) is 12.3. The summed E-state index contributed by atoms with van der Waals surface area (Å²) in [6.07, 6.45) is 2.94. The van der Waals surface area contributed by atoms with Crippen LogP contribution in [0.4, 0.5) is 14.5 Å². The van der Waals surface area contributed by atoms with Crippen molar-refractivity contribution in [3.8, 4) is 5.75 Å². The van der Waals surface area contributed by atoms with Crippen LogP contribution in [0.25, 0.3) is 6.08 Å². The number of thioether (sulfide) groups is 1. The number of hydrogen-bond donors (Lipinski definition) is 1. The zero-order chi connectivity index (χ0) is 16.7. The summed E-state index contributed by atoms with van der Waals surface area (Å²) in [7, 11) is 1.55. The van der Waals surface area contributed by atoms with E-state index in [1.807, 2.05) is 18.2 Å². The van der Waals surface area contributed by atoms with Crippen LogP contribution in [-0.2, 0) is 4.79 Å². The molecule has 2 aromatic carbocycles. The van der Waals surface area contributed by atoms with E-state index in [9.17, 15) is 13.6 Å². The summed E-state index contributed by atoms with van der Waals surface area (Å²) in [5.41, 5.74) is 1.10. The molecule has 0 aliphatic heterocycles. The molecule has 0 saturated heterocycles. The second-order valence-electron chi connectivity index (χ2n) is 4.44. The van der Waals surface area contributed by atoms with Gasteiger partial charge in [-0.2, -0.15) is 8.78 Å². The second-order valence-corrected chi connectivity index (χ2v) is 5.47. The minimum absolute atomic E-state index is 0.321. The molecule has 1 N–H and O–H groups in total. The topological polar surface area (TPSA) is 38.3 Å². The molecule has 0 spiro atoms. The summed E-state index contributed by atoms with van der Waals surface area (Å²) in [4.78, 5) is 12.3. The van der Waals surface area contributed by atoms with Gasteiger partial charge in [0.1, 0.15) is 5.75 Å². The Kier molecular flexibility index (Phi) is 6.17. The number of benzene rings is 2. The largest absolute Gasteiger partial charge is 0.496 e. The number of carbonyl (C=O) groups is 1. The lowest BCUT2D eigenvalue weighted by atomic mass is 10.2. The van der Waals surface area contributed by atoms with Crippen molar-refractivity contribution in [2.24, 2.45) is 0 Å². The van der Waals surface area contributed by atoms with Gasteiger partial charge in [0.25, 0.3) is 5.76 Å². The average molecular weight is 335 g/mol. The maximum atomic E-state index is 12.5. The third-order valence-electron chi connectivity index (χ3n) is 2.91. The Labute approximate surface area is 137 Å². The van der Waals surface area contributed by atoms with Crippen LogP contribution in [0.3, 0.4) is 0 Å². The molecule has 3 nitrogen and oxygen atoms in total. The van der Waals surface area contributed by atoms with Crippen LogP contribution in [-0.4, -0.2) is 18.8 Å². The van der Waals surface area contributed by atoms with Gasteiger partial charge in [-0.3, -0.25) is 4.79 Å². The minimum Gasteiger partial charge on any atom is -0.496 e. The van der Waals surface area contributed by atoms with Crippen molar-refractivity contribution in [1.29, 1.82) is 0 Å². The van der Waals surface area contributed by atoms with Gasteiger partial charge in [0, 0.05) is 16.5 Å². The Morgan fingerprint density at radius 3 is 2.61 bits per heavy atom. The molecule has 0 aliphatic carbocycles. The Balaban J connectivity index is 2.09. The normalized spacial score (nSPS) is 11.0. The first kappa shape index (κ1) is 17.0. The van der Waals surface area contributed by atoms with E-state index >= 15 is 0 Å². The summed E-state index contributed by atoms with van der Waals surface area (Å²) >= 11 is 0.395. The Morgan fingerprint density at radius 2 is 1.87 bits per heavy atom. The number of anilines is 1. The fraction of sp³-hybridized carbons (Fsp3) is 0.118. The van der Waals surface area contributed by atoms with Gasteiger partial charge in [-0.05, 0) is 24.3 Å². The van der Waals surface area contributed by atoms with Crippen molar-refractivity contribution in [3.05, 3.63) is 60.2 Å². The van der Waals surface area contributed by atoms with E-state index < -0.39 is 11.7 Å². The van der Waals surface area contributed by atoms with Gasteiger partial charge in [0.15, 0.2) is 0 Å². The van der Waals surface area contributed by atoms with Gasteiger partial charge in [-0.1, -0.05) is 42.1 Å². The molecular weight excluding hydrogens is 320 g/mol. The van der Waals surface area contributed by atoms with Gasteiger partial charge in [-0.15, -0.1) is 0 Å². The second kappa shape index (κ2) is 8.33. The number of hydrogen-bond acceptors (Lipinski definition) is 3.